The summed E-state index contributed by atoms with van der Waals surface area (Å²) < 4.78 is 5.66. The van der Waals surface area contributed by atoms with Crippen molar-refractivity contribution in [1.29, 1.82) is 0 Å². The Bertz CT molecular complexity index is 475. The molecule has 3 rings (SSSR count). The number of carbonyl (C=O) groups is 1. The third kappa shape index (κ3) is 2.44. The summed E-state index contributed by atoms with van der Waals surface area (Å²) in [6, 6.07) is 3.90. The van der Waals surface area contributed by atoms with Gasteiger partial charge >= 0.3 is 0 Å². The van der Waals surface area contributed by atoms with Gasteiger partial charge in [0.1, 0.15) is 5.75 Å². The van der Waals surface area contributed by atoms with E-state index in [4.69, 9.17) is 10.5 Å². The standard InChI is InChI=1S/C15H20N2O2/c1-10(15(6-7-15)14(16)18)13-5-4-12(8-17-13)19-9-11-2-3-11/h4-5,8,10-11H,2-3,6-7,9H2,1H3,(H2,16,18)/t10-/m0/s1. The molecule has 102 valence electrons. The summed E-state index contributed by atoms with van der Waals surface area (Å²) >= 11 is 0. The van der Waals surface area contributed by atoms with Crippen molar-refractivity contribution in [2.75, 3.05) is 6.61 Å². The first kappa shape index (κ1) is 12.5. The number of aromatic nitrogens is 1. The van der Waals surface area contributed by atoms with Gasteiger partial charge in [0.2, 0.25) is 5.91 Å². The molecule has 1 heterocycles. The van der Waals surface area contributed by atoms with Crippen LogP contribution in [0.25, 0.3) is 0 Å². The molecule has 0 bridgehead atoms. The largest absolute Gasteiger partial charge is 0.492 e. The highest BCUT2D eigenvalue weighted by Crippen LogP contribution is 2.55. The fourth-order valence-corrected chi connectivity index (χ4v) is 2.54. The number of pyridine rings is 1. The van der Waals surface area contributed by atoms with Gasteiger partial charge in [-0.2, -0.15) is 0 Å². The van der Waals surface area contributed by atoms with Crippen LogP contribution in [0.1, 0.15) is 44.2 Å². The summed E-state index contributed by atoms with van der Waals surface area (Å²) in [4.78, 5) is 16.0. The van der Waals surface area contributed by atoms with Crippen LogP contribution in [0, 0.1) is 11.3 Å². The molecule has 2 aliphatic carbocycles. The predicted molar refractivity (Wildman–Crippen MR) is 71.7 cm³/mol. The molecule has 1 aromatic rings. The van der Waals surface area contributed by atoms with Crippen LogP contribution in [0.4, 0.5) is 0 Å². The van der Waals surface area contributed by atoms with E-state index in [0.717, 1.165) is 36.8 Å². The summed E-state index contributed by atoms with van der Waals surface area (Å²) in [5.41, 5.74) is 6.07. The van der Waals surface area contributed by atoms with E-state index in [9.17, 15) is 4.79 Å². The lowest BCUT2D eigenvalue weighted by Gasteiger charge is -2.19. The van der Waals surface area contributed by atoms with Crippen LogP contribution in [-0.4, -0.2) is 17.5 Å². The summed E-state index contributed by atoms with van der Waals surface area (Å²) in [5, 5.41) is 0. The Morgan fingerprint density at radius 1 is 1.53 bits per heavy atom. The fourth-order valence-electron chi connectivity index (χ4n) is 2.54. The average molecular weight is 260 g/mol. The molecule has 0 unspecified atom stereocenters. The second-order valence-electron chi connectivity index (χ2n) is 5.92. The Morgan fingerprint density at radius 3 is 2.74 bits per heavy atom. The molecule has 0 radical (unpaired) electrons. The maximum atomic E-state index is 11.5. The molecule has 0 aliphatic heterocycles. The third-order valence-electron chi connectivity index (χ3n) is 4.49. The fraction of sp³-hybridized carbons (Fsp3) is 0.600. The molecule has 2 fully saturated rings. The van der Waals surface area contributed by atoms with E-state index >= 15 is 0 Å². The molecule has 2 N–H and O–H groups in total. The highest BCUT2D eigenvalue weighted by atomic mass is 16.5. The van der Waals surface area contributed by atoms with Gasteiger partial charge in [0.25, 0.3) is 0 Å². The number of hydrogen-bond donors (Lipinski definition) is 1. The number of primary amides is 1. The summed E-state index contributed by atoms with van der Waals surface area (Å²) in [5.74, 6) is 1.44. The van der Waals surface area contributed by atoms with Crippen molar-refractivity contribution in [3.8, 4) is 5.75 Å². The summed E-state index contributed by atoms with van der Waals surface area (Å²) in [7, 11) is 0. The lowest BCUT2D eigenvalue weighted by molar-refractivity contribution is -0.123. The highest BCUT2D eigenvalue weighted by Gasteiger charge is 2.53. The summed E-state index contributed by atoms with van der Waals surface area (Å²) in [6.45, 7) is 2.83. The minimum Gasteiger partial charge on any atom is -0.492 e. The molecule has 0 saturated heterocycles. The van der Waals surface area contributed by atoms with Crippen molar-refractivity contribution < 1.29 is 9.53 Å². The Balaban J connectivity index is 1.66. The molecule has 19 heavy (non-hydrogen) atoms. The van der Waals surface area contributed by atoms with E-state index in [1.807, 2.05) is 19.1 Å². The SMILES string of the molecule is C[C@@H](c1ccc(OCC2CC2)cn1)C1(C(N)=O)CC1. The molecule has 1 atom stereocenters. The van der Waals surface area contributed by atoms with Crippen LogP contribution in [-0.2, 0) is 4.79 Å². The molecule has 4 heteroatoms. The smallest absolute Gasteiger partial charge is 0.224 e. The van der Waals surface area contributed by atoms with Gasteiger partial charge in [0.05, 0.1) is 18.2 Å². The normalized spacial score (nSPS) is 21.7. The van der Waals surface area contributed by atoms with Gasteiger partial charge in [-0.05, 0) is 43.7 Å². The average Bonchev–Trinajstić information content (AvgIpc) is 3.29. The van der Waals surface area contributed by atoms with E-state index in [0.29, 0.717) is 0 Å². The van der Waals surface area contributed by atoms with Gasteiger partial charge in [-0.25, -0.2) is 0 Å². The van der Waals surface area contributed by atoms with Crippen LogP contribution < -0.4 is 10.5 Å². The van der Waals surface area contributed by atoms with Crippen LogP contribution >= 0.6 is 0 Å². The van der Waals surface area contributed by atoms with E-state index in [-0.39, 0.29) is 17.2 Å². The monoisotopic (exact) mass is 260 g/mol. The molecular formula is C15H20N2O2. The Kier molecular flexibility index (Phi) is 2.96. The minimum atomic E-state index is -0.358. The quantitative estimate of drug-likeness (QED) is 0.853. The third-order valence-corrected chi connectivity index (χ3v) is 4.49. The minimum absolute atomic E-state index is 0.0856. The maximum absolute atomic E-state index is 11.5. The topological polar surface area (TPSA) is 65.2 Å². The highest BCUT2D eigenvalue weighted by molar-refractivity contribution is 5.84. The number of carbonyl (C=O) groups excluding carboxylic acids is 1. The van der Waals surface area contributed by atoms with Gasteiger partial charge in [0, 0.05) is 11.6 Å². The van der Waals surface area contributed by atoms with Gasteiger partial charge < -0.3 is 10.5 Å². The van der Waals surface area contributed by atoms with Gasteiger partial charge in [0.15, 0.2) is 0 Å². The molecule has 0 aromatic carbocycles. The maximum Gasteiger partial charge on any atom is 0.224 e. The Labute approximate surface area is 113 Å². The van der Waals surface area contributed by atoms with Crippen LogP contribution in [0.15, 0.2) is 18.3 Å². The molecule has 2 aliphatic rings. The number of ether oxygens (including phenoxy) is 1. The van der Waals surface area contributed by atoms with E-state index in [1.165, 1.54) is 12.8 Å². The molecular weight excluding hydrogens is 240 g/mol. The predicted octanol–water partition coefficient (Wildman–Crippen LogP) is 2.24. The number of hydrogen-bond acceptors (Lipinski definition) is 3. The first-order valence-corrected chi connectivity index (χ1v) is 7.00. The van der Waals surface area contributed by atoms with Crippen molar-refractivity contribution >= 4 is 5.91 Å². The zero-order valence-electron chi connectivity index (χ0n) is 11.3. The number of amides is 1. The van der Waals surface area contributed by atoms with E-state index in [2.05, 4.69) is 4.98 Å². The first-order chi connectivity index (χ1) is 9.12. The van der Waals surface area contributed by atoms with Crippen molar-refractivity contribution in [2.24, 2.45) is 17.1 Å². The second-order valence-corrected chi connectivity index (χ2v) is 5.92. The van der Waals surface area contributed by atoms with Gasteiger partial charge in [-0.1, -0.05) is 6.92 Å². The molecule has 2 saturated carbocycles. The van der Waals surface area contributed by atoms with Crippen molar-refractivity contribution in [3.05, 3.63) is 24.0 Å². The van der Waals surface area contributed by atoms with Crippen LogP contribution in [0.5, 0.6) is 5.75 Å². The van der Waals surface area contributed by atoms with Gasteiger partial charge in [-0.3, -0.25) is 9.78 Å². The van der Waals surface area contributed by atoms with Gasteiger partial charge in [-0.15, -0.1) is 0 Å². The van der Waals surface area contributed by atoms with Crippen molar-refractivity contribution in [1.82, 2.24) is 4.98 Å². The van der Waals surface area contributed by atoms with Crippen LogP contribution in [0.3, 0.4) is 0 Å². The van der Waals surface area contributed by atoms with E-state index < -0.39 is 0 Å². The lowest BCUT2D eigenvalue weighted by Crippen LogP contribution is -2.29. The molecule has 4 nitrogen and oxygen atoms in total. The zero-order chi connectivity index (χ0) is 13.5. The molecule has 1 amide bonds. The van der Waals surface area contributed by atoms with Crippen molar-refractivity contribution in [3.63, 3.8) is 0 Å². The molecule has 0 spiro atoms. The first-order valence-electron chi connectivity index (χ1n) is 7.00. The Morgan fingerprint density at radius 2 is 2.26 bits per heavy atom. The van der Waals surface area contributed by atoms with E-state index in [1.54, 1.807) is 6.20 Å². The number of nitrogens with zero attached hydrogens (tertiary/aromatic N) is 1. The lowest BCUT2D eigenvalue weighted by atomic mass is 9.87. The Hall–Kier alpha value is -1.58. The second kappa shape index (κ2) is 4.51. The number of rotatable bonds is 6. The van der Waals surface area contributed by atoms with Crippen LogP contribution in [0.2, 0.25) is 0 Å². The summed E-state index contributed by atoms with van der Waals surface area (Å²) in [6.07, 6.45) is 6.08. The molecule has 1 aromatic heterocycles. The number of nitrogens with two attached hydrogens (primary N) is 1. The van der Waals surface area contributed by atoms with Crippen molar-refractivity contribution in [2.45, 2.75) is 38.5 Å². The zero-order valence-corrected chi connectivity index (χ0v) is 11.3.